The van der Waals surface area contributed by atoms with Gasteiger partial charge in [0.25, 0.3) is 0 Å². The number of aliphatic hydroxyl groups excluding tert-OH is 1. The molecule has 1 aliphatic heterocycles. The van der Waals surface area contributed by atoms with Crippen LogP contribution < -0.4 is 5.32 Å². The van der Waals surface area contributed by atoms with Crippen LogP contribution in [0.25, 0.3) is 0 Å². The third-order valence-electron chi connectivity index (χ3n) is 2.38. The lowest BCUT2D eigenvalue weighted by atomic mass is 10.2. The van der Waals surface area contributed by atoms with Crippen LogP contribution in [0.3, 0.4) is 0 Å². The third kappa shape index (κ3) is 5.20. The van der Waals surface area contributed by atoms with Gasteiger partial charge in [0.1, 0.15) is 0 Å². The molecule has 1 heterocycles. The molecule has 1 rings (SSSR count). The molecule has 0 aromatic heterocycles. The largest absolute Gasteiger partial charge is 0.390 e. The molecule has 0 saturated carbocycles. The van der Waals surface area contributed by atoms with Crippen molar-refractivity contribution in [1.82, 2.24) is 10.2 Å². The summed E-state index contributed by atoms with van der Waals surface area (Å²) < 4.78 is 0. The first-order valence-corrected chi connectivity index (χ1v) is 6.48. The highest BCUT2D eigenvalue weighted by atomic mass is 32.2. The molecule has 14 heavy (non-hydrogen) atoms. The van der Waals surface area contributed by atoms with Crippen molar-refractivity contribution >= 4 is 11.8 Å². The zero-order valence-corrected chi connectivity index (χ0v) is 10.0. The highest BCUT2D eigenvalue weighted by Gasteiger charge is 2.14. The smallest absolute Gasteiger partial charge is 0.0791 e. The molecule has 3 nitrogen and oxygen atoms in total. The maximum absolute atomic E-state index is 9.64. The van der Waals surface area contributed by atoms with Crippen molar-refractivity contribution < 1.29 is 5.11 Å². The van der Waals surface area contributed by atoms with Gasteiger partial charge in [-0.3, -0.25) is 0 Å². The molecule has 0 aromatic carbocycles. The minimum absolute atomic E-state index is 0.239. The number of thioether (sulfide) groups is 1. The lowest BCUT2D eigenvalue weighted by molar-refractivity contribution is 0.131. The molecule has 2 atom stereocenters. The van der Waals surface area contributed by atoms with Crippen LogP contribution in [0, 0.1) is 0 Å². The van der Waals surface area contributed by atoms with E-state index in [1.54, 1.807) is 0 Å². The molecule has 0 amide bonds. The summed E-state index contributed by atoms with van der Waals surface area (Å²) >= 11 is 2.01. The predicted octanol–water partition coefficient (Wildman–Crippen LogP) is 0.394. The maximum Gasteiger partial charge on any atom is 0.0791 e. The molecule has 0 aromatic rings. The van der Waals surface area contributed by atoms with Crippen molar-refractivity contribution in [2.24, 2.45) is 0 Å². The van der Waals surface area contributed by atoms with Crippen LogP contribution in [-0.2, 0) is 0 Å². The Labute approximate surface area is 91.2 Å². The van der Waals surface area contributed by atoms with E-state index in [4.69, 9.17) is 0 Å². The molecule has 0 radical (unpaired) electrons. The Morgan fingerprint density at radius 2 is 2.36 bits per heavy atom. The number of nitrogens with one attached hydrogen (secondary N) is 1. The second kappa shape index (κ2) is 6.67. The highest BCUT2D eigenvalue weighted by molar-refractivity contribution is 7.99. The predicted molar refractivity (Wildman–Crippen MR) is 62.9 cm³/mol. The van der Waals surface area contributed by atoms with E-state index >= 15 is 0 Å². The molecule has 2 N–H and O–H groups in total. The van der Waals surface area contributed by atoms with Gasteiger partial charge < -0.3 is 15.3 Å². The van der Waals surface area contributed by atoms with E-state index < -0.39 is 0 Å². The van der Waals surface area contributed by atoms with Crippen LogP contribution in [-0.4, -0.2) is 60.8 Å². The molecule has 0 spiro atoms. The standard InChI is InChI=1S/C10H22N2OS/c1-12(2)7-10(13)6-11-9-4-3-5-14-8-9/h9-11,13H,3-8H2,1-2H3. The summed E-state index contributed by atoms with van der Waals surface area (Å²) in [7, 11) is 3.97. The zero-order valence-electron chi connectivity index (χ0n) is 9.20. The van der Waals surface area contributed by atoms with Crippen LogP contribution in [0.15, 0.2) is 0 Å². The van der Waals surface area contributed by atoms with Gasteiger partial charge in [-0.2, -0.15) is 11.8 Å². The first kappa shape index (κ1) is 12.3. The van der Waals surface area contributed by atoms with Crippen molar-refractivity contribution in [3.63, 3.8) is 0 Å². The van der Waals surface area contributed by atoms with Crippen LogP contribution in [0.4, 0.5) is 0 Å². The highest BCUT2D eigenvalue weighted by Crippen LogP contribution is 2.16. The Morgan fingerprint density at radius 3 is 2.93 bits per heavy atom. The average Bonchev–Trinajstić information content (AvgIpc) is 2.15. The lowest BCUT2D eigenvalue weighted by Crippen LogP contribution is -2.41. The van der Waals surface area contributed by atoms with E-state index in [1.165, 1.54) is 24.3 Å². The monoisotopic (exact) mass is 218 g/mol. The minimum atomic E-state index is -0.239. The Hall–Kier alpha value is 0.230. The van der Waals surface area contributed by atoms with Crippen LogP contribution in [0.5, 0.6) is 0 Å². The van der Waals surface area contributed by atoms with Crippen molar-refractivity contribution in [2.45, 2.75) is 25.0 Å². The number of likely N-dealkylation sites (N-methyl/N-ethyl adjacent to an activating group) is 1. The van der Waals surface area contributed by atoms with Gasteiger partial charge in [-0.15, -0.1) is 0 Å². The minimum Gasteiger partial charge on any atom is -0.390 e. The van der Waals surface area contributed by atoms with E-state index in [9.17, 15) is 5.11 Å². The molecule has 0 aliphatic carbocycles. The van der Waals surface area contributed by atoms with E-state index in [0.717, 1.165) is 13.1 Å². The van der Waals surface area contributed by atoms with Crippen molar-refractivity contribution in [3.8, 4) is 0 Å². The topological polar surface area (TPSA) is 35.5 Å². The van der Waals surface area contributed by atoms with E-state index in [1.807, 2.05) is 30.8 Å². The van der Waals surface area contributed by atoms with E-state index in [-0.39, 0.29) is 6.10 Å². The fraction of sp³-hybridized carbons (Fsp3) is 1.00. The Morgan fingerprint density at radius 1 is 1.57 bits per heavy atom. The van der Waals surface area contributed by atoms with Gasteiger partial charge in [0.2, 0.25) is 0 Å². The summed E-state index contributed by atoms with van der Waals surface area (Å²) in [6.45, 7) is 1.47. The van der Waals surface area contributed by atoms with Gasteiger partial charge in [-0.25, -0.2) is 0 Å². The number of rotatable bonds is 5. The summed E-state index contributed by atoms with van der Waals surface area (Å²) in [4.78, 5) is 2.02. The summed E-state index contributed by atoms with van der Waals surface area (Å²) in [5.41, 5.74) is 0. The molecule has 1 fully saturated rings. The van der Waals surface area contributed by atoms with Crippen LogP contribution in [0.1, 0.15) is 12.8 Å². The van der Waals surface area contributed by atoms with Crippen LogP contribution >= 0.6 is 11.8 Å². The maximum atomic E-state index is 9.64. The Bertz CT molecular complexity index is 149. The normalized spacial score (nSPS) is 25.3. The van der Waals surface area contributed by atoms with Crippen molar-refractivity contribution in [3.05, 3.63) is 0 Å². The fourth-order valence-corrected chi connectivity index (χ4v) is 2.80. The Balaban J connectivity index is 2.06. The number of hydrogen-bond acceptors (Lipinski definition) is 4. The number of hydrogen-bond donors (Lipinski definition) is 2. The first-order chi connectivity index (χ1) is 6.68. The van der Waals surface area contributed by atoms with Gasteiger partial charge >= 0.3 is 0 Å². The first-order valence-electron chi connectivity index (χ1n) is 5.32. The molecule has 0 bridgehead atoms. The summed E-state index contributed by atoms with van der Waals surface area (Å²) in [5.74, 6) is 2.51. The fourth-order valence-electron chi connectivity index (χ4n) is 1.69. The second-order valence-electron chi connectivity index (χ2n) is 4.24. The Kier molecular flexibility index (Phi) is 5.86. The molecule has 84 valence electrons. The lowest BCUT2D eigenvalue weighted by Gasteiger charge is -2.24. The quantitative estimate of drug-likeness (QED) is 0.700. The summed E-state index contributed by atoms with van der Waals surface area (Å²) in [5, 5.41) is 13.1. The van der Waals surface area contributed by atoms with Crippen molar-refractivity contribution in [2.75, 3.05) is 38.7 Å². The molecular formula is C10H22N2OS. The number of nitrogens with zero attached hydrogens (tertiary/aromatic N) is 1. The van der Waals surface area contributed by atoms with E-state index in [2.05, 4.69) is 5.32 Å². The molecule has 4 heteroatoms. The molecule has 2 unspecified atom stereocenters. The van der Waals surface area contributed by atoms with Gasteiger partial charge in [-0.1, -0.05) is 0 Å². The summed E-state index contributed by atoms with van der Waals surface area (Å²) in [6.07, 6.45) is 2.34. The average molecular weight is 218 g/mol. The van der Waals surface area contributed by atoms with Gasteiger partial charge in [0.15, 0.2) is 0 Å². The SMILES string of the molecule is CN(C)CC(O)CNC1CCCSC1. The third-order valence-corrected chi connectivity index (χ3v) is 3.59. The van der Waals surface area contributed by atoms with Gasteiger partial charge in [0, 0.05) is 24.9 Å². The zero-order chi connectivity index (χ0) is 10.4. The van der Waals surface area contributed by atoms with Crippen molar-refractivity contribution in [1.29, 1.82) is 0 Å². The number of aliphatic hydroxyl groups is 1. The second-order valence-corrected chi connectivity index (χ2v) is 5.39. The van der Waals surface area contributed by atoms with Crippen LogP contribution in [0.2, 0.25) is 0 Å². The van der Waals surface area contributed by atoms with Gasteiger partial charge in [-0.05, 0) is 32.7 Å². The molecule has 1 aliphatic rings. The molecule has 1 saturated heterocycles. The molecular weight excluding hydrogens is 196 g/mol. The van der Waals surface area contributed by atoms with Gasteiger partial charge in [0.05, 0.1) is 6.10 Å². The summed E-state index contributed by atoms with van der Waals surface area (Å²) in [6, 6.07) is 0.616. The van der Waals surface area contributed by atoms with E-state index in [0.29, 0.717) is 6.04 Å².